The average molecular weight is 291 g/mol. The molecule has 0 saturated carbocycles. The number of nitrogens with one attached hydrogen (secondary N) is 1. The quantitative estimate of drug-likeness (QED) is 0.860. The smallest absolute Gasteiger partial charge is 0.335 e. The van der Waals surface area contributed by atoms with Crippen molar-refractivity contribution in [2.24, 2.45) is 0 Å². The molecule has 0 bridgehead atoms. The Morgan fingerprint density at radius 3 is 2.19 bits per heavy atom. The van der Waals surface area contributed by atoms with Gasteiger partial charge in [-0.15, -0.1) is 0 Å². The second-order valence-electron chi connectivity index (χ2n) is 4.69. The molecule has 0 fully saturated rings. The summed E-state index contributed by atoms with van der Waals surface area (Å²) in [6.07, 6.45) is 1.96. The zero-order valence-corrected chi connectivity index (χ0v) is 11.5. The van der Waals surface area contributed by atoms with E-state index >= 15 is 0 Å². The normalized spacial score (nSPS) is 10.4. The van der Waals surface area contributed by atoms with Gasteiger partial charge in [0.1, 0.15) is 5.69 Å². The van der Waals surface area contributed by atoms with Gasteiger partial charge < -0.3 is 10.4 Å². The lowest BCUT2D eigenvalue weighted by Gasteiger charge is -2.10. The second-order valence-corrected chi connectivity index (χ2v) is 4.69. The van der Waals surface area contributed by atoms with Crippen molar-refractivity contribution in [2.75, 3.05) is 5.32 Å². The van der Waals surface area contributed by atoms with Crippen LogP contribution in [-0.2, 0) is 6.42 Å². The third-order valence-electron chi connectivity index (χ3n) is 3.05. The SMILES string of the molecule is CCCc1ccc(Nc2c(F)cc(C(=O)O)cc2F)cc1. The molecule has 0 spiro atoms. The summed E-state index contributed by atoms with van der Waals surface area (Å²) in [7, 11) is 0. The molecule has 0 aliphatic heterocycles. The van der Waals surface area contributed by atoms with Crippen molar-refractivity contribution in [1.82, 2.24) is 0 Å². The molecule has 2 aromatic carbocycles. The Balaban J connectivity index is 2.25. The van der Waals surface area contributed by atoms with Crippen LogP contribution in [0.3, 0.4) is 0 Å². The Labute approximate surface area is 121 Å². The van der Waals surface area contributed by atoms with Crippen LogP contribution in [0, 0.1) is 11.6 Å². The van der Waals surface area contributed by atoms with E-state index in [1.165, 1.54) is 0 Å². The molecule has 0 amide bonds. The molecule has 3 nitrogen and oxygen atoms in total. The molecule has 2 N–H and O–H groups in total. The maximum atomic E-state index is 13.8. The molecule has 0 atom stereocenters. The van der Waals surface area contributed by atoms with Crippen LogP contribution in [0.4, 0.5) is 20.2 Å². The van der Waals surface area contributed by atoms with Crippen LogP contribution in [0.25, 0.3) is 0 Å². The van der Waals surface area contributed by atoms with Crippen LogP contribution in [0.15, 0.2) is 36.4 Å². The van der Waals surface area contributed by atoms with Gasteiger partial charge in [0.15, 0.2) is 11.6 Å². The first-order chi connectivity index (χ1) is 10.0. The van der Waals surface area contributed by atoms with E-state index < -0.39 is 23.2 Å². The molecule has 0 aliphatic rings. The maximum absolute atomic E-state index is 13.8. The number of carboxylic acid groups (broad SMARTS) is 1. The standard InChI is InChI=1S/C16H15F2NO2/c1-2-3-10-4-6-12(7-5-10)19-15-13(17)8-11(16(20)21)9-14(15)18/h4-9,19H,2-3H2,1H3,(H,20,21). The predicted octanol–water partition coefficient (Wildman–Crippen LogP) is 4.36. The lowest BCUT2D eigenvalue weighted by molar-refractivity contribution is 0.0696. The van der Waals surface area contributed by atoms with E-state index in [1.807, 2.05) is 12.1 Å². The first-order valence-electron chi connectivity index (χ1n) is 6.59. The van der Waals surface area contributed by atoms with E-state index in [0.29, 0.717) is 5.69 Å². The Kier molecular flexibility index (Phi) is 4.52. The number of carboxylic acids is 1. The lowest BCUT2D eigenvalue weighted by Crippen LogP contribution is -2.03. The van der Waals surface area contributed by atoms with Crippen LogP contribution in [0.5, 0.6) is 0 Å². The first kappa shape index (κ1) is 15.0. The highest BCUT2D eigenvalue weighted by atomic mass is 19.1. The van der Waals surface area contributed by atoms with Crippen molar-refractivity contribution < 1.29 is 18.7 Å². The molecule has 2 rings (SSSR count). The largest absolute Gasteiger partial charge is 0.478 e. The molecule has 2 aromatic rings. The molecule has 5 heteroatoms. The maximum Gasteiger partial charge on any atom is 0.335 e. The highest BCUT2D eigenvalue weighted by Gasteiger charge is 2.14. The zero-order chi connectivity index (χ0) is 15.4. The van der Waals surface area contributed by atoms with Gasteiger partial charge in [0.2, 0.25) is 0 Å². The van der Waals surface area contributed by atoms with Gasteiger partial charge in [-0.3, -0.25) is 0 Å². The van der Waals surface area contributed by atoms with Crippen molar-refractivity contribution in [2.45, 2.75) is 19.8 Å². The number of carbonyl (C=O) groups is 1. The predicted molar refractivity (Wildman–Crippen MR) is 77.0 cm³/mol. The number of aromatic carboxylic acids is 1. The minimum atomic E-state index is -1.37. The fourth-order valence-electron chi connectivity index (χ4n) is 2.00. The lowest BCUT2D eigenvalue weighted by atomic mass is 10.1. The van der Waals surface area contributed by atoms with Gasteiger partial charge in [-0.25, -0.2) is 13.6 Å². The zero-order valence-electron chi connectivity index (χ0n) is 11.5. The average Bonchev–Trinajstić information content (AvgIpc) is 2.44. The number of hydrogen-bond donors (Lipinski definition) is 2. The van der Waals surface area contributed by atoms with Crippen LogP contribution in [0.1, 0.15) is 29.3 Å². The highest BCUT2D eigenvalue weighted by molar-refractivity contribution is 5.88. The van der Waals surface area contributed by atoms with E-state index in [4.69, 9.17) is 5.11 Å². The summed E-state index contributed by atoms with van der Waals surface area (Å²) in [6, 6.07) is 8.81. The van der Waals surface area contributed by atoms with Crippen LogP contribution >= 0.6 is 0 Å². The minimum Gasteiger partial charge on any atom is -0.478 e. The third kappa shape index (κ3) is 3.56. The fraction of sp³-hybridized carbons (Fsp3) is 0.188. The first-order valence-corrected chi connectivity index (χ1v) is 6.59. The Bertz CT molecular complexity index is 631. The van der Waals surface area contributed by atoms with Crippen molar-refractivity contribution in [3.8, 4) is 0 Å². The van der Waals surface area contributed by atoms with Gasteiger partial charge in [-0.2, -0.15) is 0 Å². The van der Waals surface area contributed by atoms with Crippen molar-refractivity contribution in [3.05, 3.63) is 59.2 Å². The number of aryl methyl sites for hydroxylation is 1. The summed E-state index contributed by atoms with van der Waals surface area (Å²) >= 11 is 0. The van der Waals surface area contributed by atoms with Crippen LogP contribution < -0.4 is 5.32 Å². The molecule has 0 aromatic heterocycles. The third-order valence-corrected chi connectivity index (χ3v) is 3.05. The van der Waals surface area contributed by atoms with Crippen molar-refractivity contribution in [3.63, 3.8) is 0 Å². The number of hydrogen-bond acceptors (Lipinski definition) is 2. The molecule has 110 valence electrons. The van der Waals surface area contributed by atoms with Gasteiger partial charge >= 0.3 is 5.97 Å². The number of benzene rings is 2. The Morgan fingerprint density at radius 2 is 1.71 bits per heavy atom. The monoisotopic (exact) mass is 291 g/mol. The summed E-state index contributed by atoms with van der Waals surface area (Å²) < 4.78 is 27.6. The Hall–Kier alpha value is -2.43. The van der Waals surface area contributed by atoms with Gasteiger partial charge in [-0.05, 0) is 36.2 Å². The minimum absolute atomic E-state index is 0.358. The van der Waals surface area contributed by atoms with Gasteiger partial charge in [0, 0.05) is 5.69 Å². The summed E-state index contributed by atoms with van der Waals surface area (Å²) in [6.45, 7) is 2.07. The van der Waals surface area contributed by atoms with E-state index in [0.717, 1.165) is 30.5 Å². The van der Waals surface area contributed by atoms with E-state index in [1.54, 1.807) is 12.1 Å². The molecule has 21 heavy (non-hydrogen) atoms. The fourth-order valence-corrected chi connectivity index (χ4v) is 2.00. The molecule has 0 unspecified atom stereocenters. The molecule has 0 aliphatic carbocycles. The van der Waals surface area contributed by atoms with Gasteiger partial charge in [0.05, 0.1) is 5.56 Å². The van der Waals surface area contributed by atoms with Crippen molar-refractivity contribution >= 4 is 17.3 Å². The van der Waals surface area contributed by atoms with E-state index in [-0.39, 0.29) is 5.69 Å². The summed E-state index contributed by atoms with van der Waals surface area (Å²) in [5.41, 5.74) is 0.901. The van der Waals surface area contributed by atoms with Gasteiger partial charge in [0.25, 0.3) is 0 Å². The number of halogens is 2. The van der Waals surface area contributed by atoms with Crippen LogP contribution in [-0.4, -0.2) is 11.1 Å². The van der Waals surface area contributed by atoms with E-state index in [2.05, 4.69) is 12.2 Å². The van der Waals surface area contributed by atoms with Crippen LogP contribution in [0.2, 0.25) is 0 Å². The molecule has 0 radical (unpaired) electrons. The molecular weight excluding hydrogens is 276 g/mol. The van der Waals surface area contributed by atoms with Gasteiger partial charge in [-0.1, -0.05) is 25.5 Å². The summed E-state index contributed by atoms with van der Waals surface area (Å²) in [4.78, 5) is 10.7. The number of anilines is 2. The topological polar surface area (TPSA) is 49.3 Å². The Morgan fingerprint density at radius 1 is 1.14 bits per heavy atom. The second kappa shape index (κ2) is 6.35. The van der Waals surface area contributed by atoms with E-state index in [9.17, 15) is 13.6 Å². The summed E-state index contributed by atoms with van der Waals surface area (Å²) in [5.74, 6) is -3.25. The summed E-state index contributed by atoms with van der Waals surface area (Å²) in [5, 5.41) is 11.4. The molecule has 0 heterocycles. The molecular formula is C16H15F2NO2. The molecule has 0 saturated heterocycles. The van der Waals surface area contributed by atoms with Crippen molar-refractivity contribution in [1.29, 1.82) is 0 Å². The number of rotatable bonds is 5. The highest BCUT2D eigenvalue weighted by Crippen LogP contribution is 2.25.